The third-order valence-electron chi connectivity index (χ3n) is 5.17. The Balaban J connectivity index is 2.97. The van der Waals surface area contributed by atoms with E-state index in [9.17, 15) is 9.90 Å². The fraction of sp³-hybridized carbons (Fsp3) is 0.944. The van der Waals surface area contributed by atoms with E-state index in [0.29, 0.717) is 13.1 Å². The molecule has 1 fully saturated rings. The summed E-state index contributed by atoms with van der Waals surface area (Å²) < 4.78 is 17.5. The average molecular weight is 376 g/mol. The lowest BCUT2D eigenvalue weighted by molar-refractivity contribution is -0.0196. The minimum Gasteiger partial charge on any atom is -0.444 e. The highest BCUT2D eigenvalue weighted by Crippen LogP contribution is 2.39. The Morgan fingerprint density at radius 3 is 2.16 bits per heavy atom. The Kier molecular flexibility index (Phi) is 7.12. The van der Waals surface area contributed by atoms with Gasteiger partial charge in [-0.2, -0.15) is 0 Å². The van der Waals surface area contributed by atoms with Gasteiger partial charge in [-0.25, -0.2) is 4.79 Å². The molecule has 1 aliphatic heterocycles. The second kappa shape index (κ2) is 7.94. The first-order valence-corrected chi connectivity index (χ1v) is 11.9. The van der Waals surface area contributed by atoms with Gasteiger partial charge >= 0.3 is 6.09 Å². The fourth-order valence-corrected chi connectivity index (χ4v) is 4.06. The molecule has 1 unspecified atom stereocenters. The Morgan fingerprint density at radius 1 is 1.20 bits per heavy atom. The van der Waals surface area contributed by atoms with E-state index < -0.39 is 13.9 Å². The summed E-state index contributed by atoms with van der Waals surface area (Å²) in [5, 5.41) is 9.74. The van der Waals surface area contributed by atoms with Crippen LogP contribution in [-0.2, 0) is 13.9 Å². The van der Waals surface area contributed by atoms with E-state index >= 15 is 0 Å². The smallest absolute Gasteiger partial charge is 0.410 e. The van der Waals surface area contributed by atoms with Crippen LogP contribution in [0.15, 0.2) is 0 Å². The molecule has 0 bridgehead atoms. The highest BCUT2D eigenvalue weighted by Gasteiger charge is 2.47. The maximum absolute atomic E-state index is 12.5. The van der Waals surface area contributed by atoms with E-state index in [2.05, 4.69) is 33.9 Å². The largest absolute Gasteiger partial charge is 0.444 e. The molecule has 7 heteroatoms. The van der Waals surface area contributed by atoms with Crippen LogP contribution in [0.5, 0.6) is 0 Å². The molecule has 0 radical (unpaired) electrons. The third kappa shape index (κ3) is 5.94. The van der Waals surface area contributed by atoms with Gasteiger partial charge in [0.15, 0.2) is 8.32 Å². The van der Waals surface area contributed by atoms with Gasteiger partial charge in [-0.15, -0.1) is 0 Å². The van der Waals surface area contributed by atoms with Gasteiger partial charge in [-0.05, 0) is 38.9 Å². The normalized spacial score (nSPS) is 23.7. The first kappa shape index (κ1) is 22.4. The van der Waals surface area contributed by atoms with E-state index in [0.717, 1.165) is 0 Å². The molecular formula is C18H37NO5Si. The molecular weight excluding hydrogens is 338 g/mol. The number of likely N-dealkylation sites (tertiary alicyclic amines) is 1. The lowest BCUT2D eigenvalue weighted by Crippen LogP contribution is -2.48. The summed E-state index contributed by atoms with van der Waals surface area (Å²) >= 11 is 0. The van der Waals surface area contributed by atoms with Gasteiger partial charge in [-0.3, -0.25) is 0 Å². The Morgan fingerprint density at radius 2 is 1.76 bits per heavy atom. The van der Waals surface area contributed by atoms with Crippen molar-refractivity contribution in [1.29, 1.82) is 0 Å². The fourth-order valence-electron chi connectivity index (χ4n) is 2.70. The summed E-state index contributed by atoms with van der Waals surface area (Å²) in [5.41, 5.74) is -0.539. The van der Waals surface area contributed by atoms with Gasteiger partial charge in [-0.1, -0.05) is 20.8 Å². The topological polar surface area (TPSA) is 68.2 Å². The van der Waals surface area contributed by atoms with Crippen molar-refractivity contribution in [1.82, 2.24) is 4.90 Å². The van der Waals surface area contributed by atoms with E-state index in [1.807, 2.05) is 20.8 Å². The highest BCUT2D eigenvalue weighted by molar-refractivity contribution is 6.74. The van der Waals surface area contributed by atoms with Crippen LogP contribution in [0.1, 0.15) is 41.5 Å². The number of nitrogens with zero attached hydrogens (tertiary/aromatic N) is 1. The molecule has 1 N–H and O–H groups in total. The van der Waals surface area contributed by atoms with Gasteiger partial charge in [0.2, 0.25) is 0 Å². The van der Waals surface area contributed by atoms with Crippen LogP contribution in [0, 0.1) is 5.92 Å². The number of carbonyl (C=O) groups excluding carboxylic acids is 1. The zero-order chi connectivity index (χ0) is 19.6. The third-order valence-corrected chi connectivity index (χ3v) is 9.68. The Labute approximate surface area is 153 Å². The van der Waals surface area contributed by atoms with Crippen molar-refractivity contribution in [2.75, 3.05) is 26.8 Å². The predicted octanol–water partition coefficient (Wildman–Crippen LogP) is 3.25. The van der Waals surface area contributed by atoms with Crippen LogP contribution in [0.4, 0.5) is 4.79 Å². The van der Waals surface area contributed by atoms with Gasteiger partial charge in [0.25, 0.3) is 0 Å². The van der Waals surface area contributed by atoms with Gasteiger partial charge in [0.1, 0.15) is 5.60 Å². The standard InChI is InChI=1S/C18H37NO5Si/c1-17(2,3)23-16(21)19-10-13(15(12-20)22-7)14(11-19)24-25(8,9)18(4,5)6/h13-15,20H,10-12H2,1-9H3/t13-,14-,15?/m1/s1. The van der Waals surface area contributed by atoms with E-state index in [1.54, 1.807) is 12.0 Å². The molecule has 1 amide bonds. The highest BCUT2D eigenvalue weighted by atomic mass is 28.4. The summed E-state index contributed by atoms with van der Waals surface area (Å²) in [6.45, 7) is 17.4. The van der Waals surface area contributed by atoms with Crippen LogP contribution in [0.2, 0.25) is 18.1 Å². The van der Waals surface area contributed by atoms with E-state index in [4.69, 9.17) is 13.9 Å². The van der Waals surface area contributed by atoms with Gasteiger partial charge in [0.05, 0.1) is 18.8 Å². The monoisotopic (exact) mass is 375 g/mol. The maximum atomic E-state index is 12.5. The summed E-state index contributed by atoms with van der Waals surface area (Å²) in [4.78, 5) is 14.1. The lowest BCUT2D eigenvalue weighted by atomic mass is 10.00. The summed E-state index contributed by atoms with van der Waals surface area (Å²) in [7, 11) is -0.427. The molecule has 3 atom stereocenters. The van der Waals surface area contributed by atoms with Crippen molar-refractivity contribution in [3.63, 3.8) is 0 Å². The van der Waals surface area contributed by atoms with Crippen molar-refractivity contribution < 1.29 is 23.8 Å². The second-order valence-electron chi connectivity index (χ2n) is 9.42. The Hall–Kier alpha value is -0.633. The van der Waals surface area contributed by atoms with Crippen LogP contribution < -0.4 is 0 Å². The molecule has 1 saturated heterocycles. The maximum Gasteiger partial charge on any atom is 0.410 e. The predicted molar refractivity (Wildman–Crippen MR) is 101 cm³/mol. The van der Waals surface area contributed by atoms with Crippen molar-refractivity contribution >= 4 is 14.4 Å². The van der Waals surface area contributed by atoms with Crippen LogP contribution in [-0.4, -0.2) is 69.0 Å². The second-order valence-corrected chi connectivity index (χ2v) is 14.2. The molecule has 0 saturated carbocycles. The molecule has 0 aromatic carbocycles. The Bertz CT molecular complexity index is 451. The van der Waals surface area contributed by atoms with Crippen molar-refractivity contribution in [2.45, 2.75) is 77.5 Å². The molecule has 148 valence electrons. The molecule has 0 aliphatic carbocycles. The zero-order valence-corrected chi connectivity index (χ0v) is 18.4. The number of aliphatic hydroxyl groups excluding tert-OH is 1. The molecule has 0 aromatic heterocycles. The van der Waals surface area contributed by atoms with E-state index in [-0.39, 0.29) is 35.9 Å². The number of hydrogen-bond acceptors (Lipinski definition) is 5. The quantitative estimate of drug-likeness (QED) is 0.747. The van der Waals surface area contributed by atoms with E-state index in [1.165, 1.54) is 0 Å². The number of rotatable bonds is 5. The molecule has 1 heterocycles. The summed E-state index contributed by atoms with van der Waals surface area (Å²) in [5.74, 6) is -0.0726. The van der Waals surface area contributed by atoms with Gasteiger partial charge < -0.3 is 23.9 Å². The summed E-state index contributed by atoms with van der Waals surface area (Å²) in [6.07, 6.45) is -0.862. The van der Waals surface area contributed by atoms with Crippen LogP contribution in [0.3, 0.4) is 0 Å². The zero-order valence-electron chi connectivity index (χ0n) is 17.4. The number of aliphatic hydroxyl groups is 1. The SMILES string of the molecule is COC(CO)[C@@H]1CN(C(=O)OC(C)(C)C)C[C@H]1O[Si](C)(C)C(C)(C)C. The number of ether oxygens (including phenoxy) is 2. The number of amides is 1. The van der Waals surface area contributed by atoms with Gasteiger partial charge in [0, 0.05) is 26.1 Å². The molecule has 0 spiro atoms. The van der Waals surface area contributed by atoms with Crippen LogP contribution in [0.25, 0.3) is 0 Å². The summed E-state index contributed by atoms with van der Waals surface area (Å²) in [6, 6.07) is 0. The molecule has 1 rings (SSSR count). The number of carbonyl (C=O) groups is 1. The van der Waals surface area contributed by atoms with Crippen molar-refractivity contribution in [3.05, 3.63) is 0 Å². The molecule has 25 heavy (non-hydrogen) atoms. The lowest BCUT2D eigenvalue weighted by Gasteiger charge is -2.40. The number of hydrogen-bond donors (Lipinski definition) is 1. The van der Waals surface area contributed by atoms with Crippen LogP contribution >= 0.6 is 0 Å². The molecule has 6 nitrogen and oxygen atoms in total. The van der Waals surface area contributed by atoms with Crippen molar-refractivity contribution in [2.24, 2.45) is 5.92 Å². The first-order valence-electron chi connectivity index (χ1n) is 9.01. The first-order chi connectivity index (χ1) is 11.2. The minimum atomic E-state index is -2.01. The molecule has 1 aliphatic rings. The number of methoxy groups -OCH3 is 1. The molecule has 0 aromatic rings. The van der Waals surface area contributed by atoms with Crippen molar-refractivity contribution in [3.8, 4) is 0 Å². The average Bonchev–Trinajstić information content (AvgIpc) is 2.80. The minimum absolute atomic E-state index is 0.0681.